The summed E-state index contributed by atoms with van der Waals surface area (Å²) in [7, 11) is 1.64. The van der Waals surface area contributed by atoms with Gasteiger partial charge in [0, 0.05) is 12.1 Å². The van der Waals surface area contributed by atoms with E-state index in [9.17, 15) is 15.3 Å². The van der Waals surface area contributed by atoms with E-state index in [2.05, 4.69) is 10.6 Å². The molecule has 1 unspecified atom stereocenters. The summed E-state index contributed by atoms with van der Waals surface area (Å²) in [4.78, 5) is 0. The van der Waals surface area contributed by atoms with E-state index in [1.807, 2.05) is 13.0 Å². The lowest BCUT2D eigenvalue weighted by atomic mass is 9.83. The van der Waals surface area contributed by atoms with Crippen LogP contribution in [-0.4, -0.2) is 109 Å². The van der Waals surface area contributed by atoms with Gasteiger partial charge in [0.05, 0.1) is 25.2 Å². The van der Waals surface area contributed by atoms with Crippen molar-refractivity contribution in [3.63, 3.8) is 0 Å². The normalized spacial score (nSPS) is 46.5. The molecule has 3 rings (SSSR count). The zero-order valence-corrected chi connectivity index (χ0v) is 19.6. The van der Waals surface area contributed by atoms with Crippen LogP contribution in [0.1, 0.15) is 26.7 Å². The van der Waals surface area contributed by atoms with Gasteiger partial charge in [0.2, 0.25) is 6.29 Å². The van der Waals surface area contributed by atoms with Crippen molar-refractivity contribution in [3.8, 4) is 0 Å². The molecule has 12 nitrogen and oxygen atoms in total. The van der Waals surface area contributed by atoms with Gasteiger partial charge in [-0.3, -0.25) is 0 Å². The first kappa shape index (κ1) is 26.7. The molecule has 0 bridgehead atoms. The molecule has 3 aliphatic rings. The predicted octanol–water partition coefficient (Wildman–Crippen LogP) is -3.20. The van der Waals surface area contributed by atoms with Gasteiger partial charge in [-0.15, -0.1) is 0 Å². The Morgan fingerprint density at radius 3 is 2.48 bits per heavy atom. The number of aliphatic hydroxyl groups excluding tert-OH is 2. The van der Waals surface area contributed by atoms with Gasteiger partial charge in [0.25, 0.3) is 0 Å². The number of rotatable bonds is 8. The maximum atomic E-state index is 11.3. The van der Waals surface area contributed by atoms with Crippen molar-refractivity contribution in [2.24, 2.45) is 17.2 Å². The third-order valence-corrected chi connectivity index (χ3v) is 6.64. The van der Waals surface area contributed by atoms with Crippen LogP contribution >= 0.6 is 0 Å². The molecule has 0 aromatic rings. The standard InChI is InChI=1S/C21H41N5O7/c1-4-26-13-7-12(24)16(32-19-11(23)6-5-10(8-22)31-19)14(27)17(13)33-20-15(28)18(25-3)21(2,29)9-30-20/h5,11-20,25-29H,4,6-9,22-24H2,1-3H3/t11-,12+,13+,14-,15-,16+,17-,18+,19+,20?,21-/m0/s1. The fourth-order valence-electron chi connectivity index (χ4n) is 4.86. The van der Waals surface area contributed by atoms with Crippen LogP contribution in [0.25, 0.3) is 0 Å². The van der Waals surface area contributed by atoms with E-state index in [0.29, 0.717) is 25.1 Å². The maximum Gasteiger partial charge on any atom is 0.215 e. The van der Waals surface area contributed by atoms with Gasteiger partial charge in [-0.1, -0.05) is 6.92 Å². The van der Waals surface area contributed by atoms with Gasteiger partial charge in [0.15, 0.2) is 6.29 Å². The van der Waals surface area contributed by atoms with Gasteiger partial charge >= 0.3 is 0 Å². The fraction of sp³-hybridized carbons (Fsp3) is 0.905. The third kappa shape index (κ3) is 5.85. The lowest BCUT2D eigenvalue weighted by molar-refractivity contribution is -0.304. The number of aliphatic hydroxyl groups is 3. The summed E-state index contributed by atoms with van der Waals surface area (Å²) in [6.07, 6.45) is -3.05. The predicted molar refractivity (Wildman–Crippen MR) is 120 cm³/mol. The lowest BCUT2D eigenvalue weighted by Crippen LogP contribution is -2.69. The molecule has 2 aliphatic heterocycles. The second-order valence-electron chi connectivity index (χ2n) is 9.31. The molecule has 33 heavy (non-hydrogen) atoms. The van der Waals surface area contributed by atoms with Crippen LogP contribution in [0, 0.1) is 0 Å². The first-order valence-electron chi connectivity index (χ1n) is 11.6. The molecule has 0 aromatic carbocycles. The fourth-order valence-corrected chi connectivity index (χ4v) is 4.86. The van der Waals surface area contributed by atoms with E-state index in [4.69, 9.17) is 36.1 Å². The summed E-state index contributed by atoms with van der Waals surface area (Å²) >= 11 is 0. The van der Waals surface area contributed by atoms with Crippen LogP contribution in [-0.2, 0) is 18.9 Å². The van der Waals surface area contributed by atoms with Crippen molar-refractivity contribution >= 4 is 0 Å². The molecule has 0 amide bonds. The van der Waals surface area contributed by atoms with Gasteiger partial charge in [-0.2, -0.15) is 0 Å². The second-order valence-corrected chi connectivity index (χ2v) is 9.31. The number of hydrogen-bond acceptors (Lipinski definition) is 12. The number of ether oxygens (including phenoxy) is 4. The molecule has 1 aliphatic carbocycles. The second kappa shape index (κ2) is 11.2. The van der Waals surface area contributed by atoms with Gasteiger partial charge in [-0.05, 0) is 39.4 Å². The van der Waals surface area contributed by atoms with Crippen LogP contribution in [0.2, 0.25) is 0 Å². The molecule has 1 saturated carbocycles. The topological polar surface area (TPSA) is 200 Å². The van der Waals surface area contributed by atoms with Crippen molar-refractivity contribution in [2.45, 2.75) is 93.5 Å². The van der Waals surface area contributed by atoms with Crippen molar-refractivity contribution in [2.75, 3.05) is 26.7 Å². The molecule has 0 spiro atoms. The lowest BCUT2D eigenvalue weighted by Gasteiger charge is -2.49. The van der Waals surface area contributed by atoms with Crippen molar-refractivity contribution in [1.29, 1.82) is 0 Å². The smallest absolute Gasteiger partial charge is 0.215 e. The Kier molecular flexibility index (Phi) is 9.08. The molecule has 0 aromatic heterocycles. The average molecular weight is 476 g/mol. The van der Waals surface area contributed by atoms with Crippen LogP contribution in [0.4, 0.5) is 0 Å². The SMILES string of the molecule is CCN[C@@H]1C[C@@H](N)[C@@H](O[C@H]2OC(CN)=CC[C@@H]2N)[C@H](O)[C@H]1OC1OC[C@](C)(O)[C@H](NC)[C@@H]1O. The summed E-state index contributed by atoms with van der Waals surface area (Å²) in [6, 6.07) is -1.95. The van der Waals surface area contributed by atoms with E-state index in [1.165, 1.54) is 0 Å². The largest absolute Gasteiger partial charge is 0.467 e. The third-order valence-electron chi connectivity index (χ3n) is 6.64. The molecular weight excluding hydrogens is 434 g/mol. The minimum Gasteiger partial charge on any atom is -0.467 e. The zero-order chi connectivity index (χ0) is 24.3. The van der Waals surface area contributed by atoms with Gasteiger partial charge < -0.3 is 62.1 Å². The van der Waals surface area contributed by atoms with Crippen molar-refractivity contribution < 1.29 is 34.3 Å². The Morgan fingerprint density at radius 1 is 1.15 bits per heavy atom. The summed E-state index contributed by atoms with van der Waals surface area (Å²) in [5.74, 6) is 0.572. The molecule has 11 atom stereocenters. The molecule has 192 valence electrons. The summed E-state index contributed by atoms with van der Waals surface area (Å²) in [6.45, 7) is 4.30. The van der Waals surface area contributed by atoms with Crippen LogP contribution < -0.4 is 27.8 Å². The highest BCUT2D eigenvalue weighted by Crippen LogP contribution is 2.31. The molecule has 0 radical (unpaired) electrons. The summed E-state index contributed by atoms with van der Waals surface area (Å²) < 4.78 is 23.6. The van der Waals surface area contributed by atoms with E-state index in [0.717, 1.165) is 0 Å². The average Bonchev–Trinajstić information content (AvgIpc) is 2.76. The van der Waals surface area contributed by atoms with Gasteiger partial charge in [-0.25, -0.2) is 0 Å². The Bertz CT molecular complexity index is 669. The number of hydrogen-bond donors (Lipinski definition) is 8. The molecular formula is C21H41N5O7. The highest BCUT2D eigenvalue weighted by atomic mass is 16.7. The Labute approximate surface area is 194 Å². The van der Waals surface area contributed by atoms with E-state index in [-0.39, 0.29) is 19.2 Å². The first-order chi connectivity index (χ1) is 15.6. The zero-order valence-electron chi connectivity index (χ0n) is 19.6. The molecule has 2 fully saturated rings. The maximum absolute atomic E-state index is 11.3. The van der Waals surface area contributed by atoms with Crippen molar-refractivity contribution in [1.82, 2.24) is 10.6 Å². The minimum atomic E-state index is -1.28. The monoisotopic (exact) mass is 475 g/mol. The number of nitrogens with one attached hydrogen (secondary N) is 2. The molecule has 2 heterocycles. The van der Waals surface area contributed by atoms with Crippen molar-refractivity contribution in [3.05, 3.63) is 11.8 Å². The van der Waals surface area contributed by atoms with E-state index in [1.54, 1.807) is 14.0 Å². The summed E-state index contributed by atoms with van der Waals surface area (Å²) in [5.41, 5.74) is 16.9. The van der Waals surface area contributed by atoms with Gasteiger partial charge in [0.1, 0.15) is 35.8 Å². The summed E-state index contributed by atoms with van der Waals surface area (Å²) in [5, 5.41) is 38.8. The number of likely N-dealkylation sites (N-methyl/N-ethyl adjacent to an activating group) is 2. The Hall–Kier alpha value is -0.900. The van der Waals surface area contributed by atoms with E-state index < -0.39 is 60.7 Å². The van der Waals surface area contributed by atoms with Crippen LogP contribution in [0.15, 0.2) is 11.8 Å². The quantitative estimate of drug-likeness (QED) is 0.175. The van der Waals surface area contributed by atoms with Crippen LogP contribution in [0.3, 0.4) is 0 Å². The van der Waals surface area contributed by atoms with E-state index >= 15 is 0 Å². The van der Waals surface area contributed by atoms with Crippen LogP contribution in [0.5, 0.6) is 0 Å². The minimum absolute atomic E-state index is 0.0483. The molecule has 11 N–H and O–H groups in total. The number of nitrogens with two attached hydrogens (primary N) is 3. The highest BCUT2D eigenvalue weighted by molar-refractivity contribution is 5.05. The first-order valence-corrected chi connectivity index (χ1v) is 11.6. The molecule has 1 saturated heterocycles. The Balaban J connectivity index is 1.75. The highest BCUT2D eigenvalue weighted by Gasteiger charge is 2.51. The molecule has 12 heteroatoms. The Morgan fingerprint density at radius 2 is 1.85 bits per heavy atom.